The Hall–Kier alpha value is -2.91. The third kappa shape index (κ3) is 7.77. The largest absolute Gasteiger partial charge is 0.497 e. The van der Waals surface area contributed by atoms with E-state index in [2.05, 4.69) is 16.0 Å². The maximum atomic E-state index is 12.1. The number of carbonyl (C=O) groups excluding carboxylic acids is 3. The predicted molar refractivity (Wildman–Crippen MR) is 109 cm³/mol. The Bertz CT molecular complexity index is 795. The van der Waals surface area contributed by atoms with Crippen molar-refractivity contribution < 1.29 is 19.1 Å². The molecule has 0 unspecified atom stereocenters. The van der Waals surface area contributed by atoms with Crippen LogP contribution in [0.2, 0.25) is 0 Å². The summed E-state index contributed by atoms with van der Waals surface area (Å²) in [7, 11) is 3.17. The van der Waals surface area contributed by atoms with Gasteiger partial charge in [-0.25, -0.2) is 4.79 Å². The van der Waals surface area contributed by atoms with Gasteiger partial charge in [0, 0.05) is 23.2 Å². The quantitative estimate of drug-likeness (QED) is 0.591. The van der Waals surface area contributed by atoms with Crippen molar-refractivity contribution >= 4 is 34.9 Å². The van der Waals surface area contributed by atoms with Gasteiger partial charge in [-0.05, 0) is 37.0 Å². The zero-order chi connectivity index (χ0) is 20.4. The number of methoxy groups -OCH3 is 1. The van der Waals surface area contributed by atoms with Crippen molar-refractivity contribution in [2.24, 2.45) is 0 Å². The molecule has 9 heteroatoms. The summed E-state index contributed by atoms with van der Waals surface area (Å²) in [6, 6.07) is 10.4. The number of likely N-dealkylation sites (N-methyl/N-ethyl adjacent to an activating group) is 1. The highest BCUT2D eigenvalue weighted by molar-refractivity contribution is 7.09. The normalized spacial score (nSPS) is 10.4. The molecule has 1 aromatic carbocycles. The molecule has 0 aliphatic carbocycles. The standard InChI is InChI=1S/C19H24N4O4S/c1-23(12-17(24)21-14-5-3-6-15(11-14)27-2)13-18(25)22-19(26)20-9-8-16-7-4-10-28-16/h3-7,10-11H,8-9,12-13H2,1-2H3,(H,21,24)(H2,20,22,25,26). The molecule has 0 bridgehead atoms. The number of thiophene rings is 1. The number of hydrogen-bond acceptors (Lipinski definition) is 6. The highest BCUT2D eigenvalue weighted by Gasteiger charge is 2.13. The molecule has 0 spiro atoms. The van der Waals surface area contributed by atoms with Crippen LogP contribution >= 0.6 is 11.3 Å². The van der Waals surface area contributed by atoms with Crippen LogP contribution in [-0.4, -0.2) is 56.5 Å². The van der Waals surface area contributed by atoms with E-state index in [-0.39, 0.29) is 19.0 Å². The summed E-state index contributed by atoms with van der Waals surface area (Å²) in [5.41, 5.74) is 0.604. The Morgan fingerprint density at radius 2 is 1.89 bits per heavy atom. The lowest BCUT2D eigenvalue weighted by Crippen LogP contribution is -2.45. The molecule has 0 atom stereocenters. The van der Waals surface area contributed by atoms with Crippen molar-refractivity contribution in [3.63, 3.8) is 0 Å². The third-order valence-electron chi connectivity index (χ3n) is 3.67. The van der Waals surface area contributed by atoms with E-state index in [1.54, 1.807) is 49.8 Å². The summed E-state index contributed by atoms with van der Waals surface area (Å²) in [6.45, 7) is 0.368. The van der Waals surface area contributed by atoms with Gasteiger partial charge in [-0.1, -0.05) is 12.1 Å². The highest BCUT2D eigenvalue weighted by Crippen LogP contribution is 2.16. The zero-order valence-electron chi connectivity index (χ0n) is 15.9. The molecule has 8 nitrogen and oxygen atoms in total. The van der Waals surface area contributed by atoms with E-state index in [4.69, 9.17) is 4.74 Å². The van der Waals surface area contributed by atoms with Crippen LogP contribution in [-0.2, 0) is 16.0 Å². The summed E-state index contributed by atoms with van der Waals surface area (Å²) >= 11 is 1.61. The summed E-state index contributed by atoms with van der Waals surface area (Å²) in [4.78, 5) is 38.4. The van der Waals surface area contributed by atoms with E-state index < -0.39 is 11.9 Å². The van der Waals surface area contributed by atoms with Crippen LogP contribution in [0, 0.1) is 0 Å². The number of hydrogen-bond donors (Lipinski definition) is 3. The van der Waals surface area contributed by atoms with Gasteiger partial charge in [0.2, 0.25) is 11.8 Å². The highest BCUT2D eigenvalue weighted by atomic mass is 32.1. The molecule has 150 valence electrons. The molecule has 0 aliphatic rings. The maximum Gasteiger partial charge on any atom is 0.321 e. The maximum absolute atomic E-state index is 12.1. The number of amides is 4. The molecule has 3 N–H and O–H groups in total. The number of ether oxygens (including phenoxy) is 1. The Morgan fingerprint density at radius 3 is 2.61 bits per heavy atom. The molecule has 28 heavy (non-hydrogen) atoms. The number of nitrogens with one attached hydrogen (secondary N) is 3. The molecule has 0 saturated heterocycles. The van der Waals surface area contributed by atoms with Crippen molar-refractivity contribution in [3.8, 4) is 5.75 Å². The fourth-order valence-corrected chi connectivity index (χ4v) is 3.12. The molecule has 2 aromatic rings. The van der Waals surface area contributed by atoms with Crippen LogP contribution < -0.4 is 20.7 Å². The zero-order valence-corrected chi connectivity index (χ0v) is 16.7. The van der Waals surface area contributed by atoms with Gasteiger partial charge in [0.25, 0.3) is 0 Å². The van der Waals surface area contributed by atoms with E-state index in [9.17, 15) is 14.4 Å². The van der Waals surface area contributed by atoms with Crippen LogP contribution in [0.4, 0.5) is 10.5 Å². The number of urea groups is 1. The Morgan fingerprint density at radius 1 is 1.11 bits per heavy atom. The molecule has 4 amide bonds. The second kappa shape index (κ2) is 11.1. The van der Waals surface area contributed by atoms with E-state index in [1.807, 2.05) is 17.5 Å². The number of imide groups is 1. The molecule has 0 fully saturated rings. The lowest BCUT2D eigenvalue weighted by Gasteiger charge is -2.16. The van der Waals surface area contributed by atoms with Crippen molar-refractivity contribution in [1.82, 2.24) is 15.5 Å². The van der Waals surface area contributed by atoms with Crippen molar-refractivity contribution in [2.75, 3.05) is 39.1 Å². The fourth-order valence-electron chi connectivity index (χ4n) is 2.41. The summed E-state index contributed by atoms with van der Waals surface area (Å²) in [5.74, 6) is -0.120. The molecular weight excluding hydrogens is 380 g/mol. The lowest BCUT2D eigenvalue weighted by atomic mass is 10.3. The average Bonchev–Trinajstić information content (AvgIpc) is 3.14. The van der Waals surface area contributed by atoms with E-state index >= 15 is 0 Å². The first kappa shape index (κ1) is 21.4. The Kier molecular flexibility index (Phi) is 8.44. The fraction of sp³-hybridized carbons (Fsp3) is 0.316. The predicted octanol–water partition coefficient (Wildman–Crippen LogP) is 1.70. The van der Waals surface area contributed by atoms with Gasteiger partial charge in [0.15, 0.2) is 0 Å². The lowest BCUT2D eigenvalue weighted by molar-refractivity contribution is -0.122. The van der Waals surface area contributed by atoms with Crippen LogP contribution in [0.3, 0.4) is 0 Å². The van der Waals surface area contributed by atoms with Gasteiger partial charge < -0.3 is 15.4 Å². The monoisotopic (exact) mass is 404 g/mol. The first-order chi connectivity index (χ1) is 13.5. The molecule has 1 heterocycles. The molecular formula is C19H24N4O4S. The van der Waals surface area contributed by atoms with Crippen molar-refractivity contribution in [1.29, 1.82) is 0 Å². The number of carbonyl (C=O) groups is 3. The minimum absolute atomic E-state index is 0.00459. The van der Waals surface area contributed by atoms with Crippen LogP contribution in [0.15, 0.2) is 41.8 Å². The van der Waals surface area contributed by atoms with Gasteiger partial charge in [0.1, 0.15) is 5.75 Å². The van der Waals surface area contributed by atoms with E-state index in [1.165, 1.54) is 4.90 Å². The number of anilines is 1. The number of benzene rings is 1. The summed E-state index contributed by atoms with van der Waals surface area (Å²) in [6.07, 6.45) is 0.712. The minimum atomic E-state index is -0.546. The Balaban J connectivity index is 1.66. The molecule has 0 saturated carbocycles. The van der Waals surface area contributed by atoms with Crippen LogP contribution in [0.25, 0.3) is 0 Å². The van der Waals surface area contributed by atoms with Gasteiger partial charge in [-0.3, -0.25) is 19.8 Å². The van der Waals surface area contributed by atoms with Gasteiger partial charge in [0.05, 0.1) is 20.2 Å². The van der Waals surface area contributed by atoms with E-state index in [0.29, 0.717) is 24.4 Å². The van der Waals surface area contributed by atoms with Gasteiger partial charge in [-0.15, -0.1) is 11.3 Å². The third-order valence-corrected chi connectivity index (χ3v) is 4.61. The summed E-state index contributed by atoms with van der Waals surface area (Å²) in [5, 5.41) is 9.59. The topological polar surface area (TPSA) is 99.8 Å². The van der Waals surface area contributed by atoms with Gasteiger partial charge in [-0.2, -0.15) is 0 Å². The number of nitrogens with zero attached hydrogens (tertiary/aromatic N) is 1. The SMILES string of the molecule is COc1cccc(NC(=O)CN(C)CC(=O)NC(=O)NCCc2cccs2)c1. The number of rotatable bonds is 9. The smallest absolute Gasteiger partial charge is 0.321 e. The van der Waals surface area contributed by atoms with Crippen LogP contribution in [0.1, 0.15) is 4.88 Å². The Labute approximate surface area is 167 Å². The van der Waals surface area contributed by atoms with Crippen molar-refractivity contribution in [2.45, 2.75) is 6.42 Å². The summed E-state index contributed by atoms with van der Waals surface area (Å²) < 4.78 is 5.10. The van der Waals surface area contributed by atoms with Gasteiger partial charge >= 0.3 is 6.03 Å². The second-order valence-corrected chi connectivity index (χ2v) is 7.12. The average molecular weight is 404 g/mol. The first-order valence-electron chi connectivity index (χ1n) is 8.69. The van der Waals surface area contributed by atoms with Crippen LogP contribution in [0.5, 0.6) is 5.75 Å². The first-order valence-corrected chi connectivity index (χ1v) is 9.56. The van der Waals surface area contributed by atoms with Crippen molar-refractivity contribution in [3.05, 3.63) is 46.7 Å². The van der Waals surface area contributed by atoms with E-state index in [0.717, 1.165) is 4.88 Å². The molecule has 2 rings (SSSR count). The second-order valence-electron chi connectivity index (χ2n) is 6.09. The molecule has 1 aromatic heterocycles. The molecule has 0 radical (unpaired) electrons. The molecule has 0 aliphatic heterocycles. The minimum Gasteiger partial charge on any atom is -0.497 e.